The van der Waals surface area contributed by atoms with E-state index in [4.69, 9.17) is 9.72 Å². The molecule has 0 unspecified atom stereocenters. The van der Waals surface area contributed by atoms with Crippen molar-refractivity contribution < 1.29 is 4.74 Å². The van der Waals surface area contributed by atoms with E-state index in [-0.39, 0.29) is 0 Å². The Bertz CT molecular complexity index is 753. The van der Waals surface area contributed by atoms with Crippen LogP contribution in [0.1, 0.15) is 41.0 Å². The van der Waals surface area contributed by atoms with E-state index in [2.05, 4.69) is 47.5 Å². The zero-order chi connectivity index (χ0) is 18.0. The zero-order valence-electron chi connectivity index (χ0n) is 16.1. The number of nitrogens with zero attached hydrogens (tertiary/aromatic N) is 5. The first-order valence-electron chi connectivity index (χ1n) is 9.19. The number of likely N-dealkylation sites (N-methyl/N-ethyl adjacent to an activating group) is 1. The maximum atomic E-state index is 5.63. The predicted molar refractivity (Wildman–Crippen MR) is 99.3 cm³/mol. The maximum Gasteiger partial charge on any atom is 0.135 e. The molecule has 0 aromatic carbocycles. The van der Waals surface area contributed by atoms with Gasteiger partial charge in [0.25, 0.3) is 0 Å². The summed E-state index contributed by atoms with van der Waals surface area (Å²) in [5, 5.41) is 4.63. The number of aromatic nitrogens is 4. The Morgan fingerprint density at radius 2 is 1.88 bits per heavy atom. The Hall–Kier alpha value is -1.95. The van der Waals surface area contributed by atoms with Gasteiger partial charge in [0.2, 0.25) is 0 Å². The highest BCUT2D eigenvalue weighted by molar-refractivity contribution is 5.49. The summed E-state index contributed by atoms with van der Waals surface area (Å²) < 4.78 is 7.72. The van der Waals surface area contributed by atoms with Crippen molar-refractivity contribution in [2.24, 2.45) is 0 Å². The molecule has 6 nitrogen and oxygen atoms in total. The molecule has 136 valence electrons. The van der Waals surface area contributed by atoms with Gasteiger partial charge >= 0.3 is 0 Å². The molecule has 0 aliphatic carbocycles. The molecule has 0 bridgehead atoms. The summed E-state index contributed by atoms with van der Waals surface area (Å²) in [5.74, 6) is 1.90. The van der Waals surface area contributed by atoms with Crippen LogP contribution in [0.15, 0.2) is 0 Å². The fourth-order valence-corrected chi connectivity index (χ4v) is 3.65. The van der Waals surface area contributed by atoms with E-state index in [1.165, 1.54) is 16.8 Å². The maximum absolute atomic E-state index is 5.63. The van der Waals surface area contributed by atoms with Crippen LogP contribution in [0.25, 0.3) is 0 Å². The van der Waals surface area contributed by atoms with E-state index >= 15 is 0 Å². The second kappa shape index (κ2) is 7.52. The smallest absolute Gasteiger partial charge is 0.135 e. The Morgan fingerprint density at radius 3 is 2.60 bits per heavy atom. The van der Waals surface area contributed by atoms with Crippen molar-refractivity contribution >= 4 is 5.82 Å². The summed E-state index contributed by atoms with van der Waals surface area (Å²) >= 11 is 0. The van der Waals surface area contributed by atoms with E-state index < -0.39 is 0 Å². The van der Waals surface area contributed by atoms with Crippen molar-refractivity contribution in [3.8, 4) is 0 Å². The average Bonchev–Trinajstić information content (AvgIpc) is 2.76. The van der Waals surface area contributed by atoms with Gasteiger partial charge in [-0.25, -0.2) is 9.97 Å². The highest BCUT2D eigenvalue weighted by Gasteiger charge is 2.19. The highest BCUT2D eigenvalue weighted by Crippen LogP contribution is 2.24. The number of hydrogen-bond donors (Lipinski definition) is 0. The van der Waals surface area contributed by atoms with Gasteiger partial charge in [0, 0.05) is 44.2 Å². The van der Waals surface area contributed by atoms with Crippen LogP contribution >= 0.6 is 0 Å². The SMILES string of the molecule is CCn1nc(C)c(CCN(C)c2nc(C)nc3c2CCOCC3)c1C. The van der Waals surface area contributed by atoms with Gasteiger partial charge in [-0.15, -0.1) is 0 Å². The lowest BCUT2D eigenvalue weighted by Gasteiger charge is -2.22. The van der Waals surface area contributed by atoms with Gasteiger partial charge in [-0.1, -0.05) is 0 Å². The van der Waals surface area contributed by atoms with Crippen molar-refractivity contribution in [3.05, 3.63) is 34.0 Å². The molecule has 2 aromatic rings. The first-order valence-corrected chi connectivity index (χ1v) is 9.19. The lowest BCUT2D eigenvalue weighted by Crippen LogP contribution is -2.25. The Kier molecular flexibility index (Phi) is 5.37. The second-order valence-electron chi connectivity index (χ2n) is 6.77. The highest BCUT2D eigenvalue weighted by atomic mass is 16.5. The number of hydrogen-bond acceptors (Lipinski definition) is 5. The third-order valence-electron chi connectivity index (χ3n) is 5.05. The molecule has 0 atom stereocenters. The number of rotatable bonds is 5. The molecule has 0 fully saturated rings. The van der Waals surface area contributed by atoms with E-state index in [0.29, 0.717) is 0 Å². The van der Waals surface area contributed by atoms with Crippen LogP contribution < -0.4 is 4.90 Å². The summed E-state index contributed by atoms with van der Waals surface area (Å²) in [6, 6.07) is 0. The molecule has 3 rings (SSSR count). The fourth-order valence-electron chi connectivity index (χ4n) is 3.65. The van der Waals surface area contributed by atoms with E-state index in [1.54, 1.807) is 0 Å². The molecule has 0 N–H and O–H groups in total. The molecule has 0 radical (unpaired) electrons. The minimum absolute atomic E-state index is 0.751. The van der Waals surface area contributed by atoms with Crippen LogP contribution in [-0.4, -0.2) is 46.6 Å². The molecule has 0 spiro atoms. The molecule has 6 heteroatoms. The normalized spacial score (nSPS) is 14.3. The summed E-state index contributed by atoms with van der Waals surface area (Å²) in [6.07, 6.45) is 2.74. The van der Waals surface area contributed by atoms with Crippen molar-refractivity contribution in [3.63, 3.8) is 0 Å². The largest absolute Gasteiger partial charge is 0.381 e. The Balaban J connectivity index is 1.81. The predicted octanol–water partition coefficient (Wildman–Crippen LogP) is 2.41. The van der Waals surface area contributed by atoms with Gasteiger partial charge in [0.1, 0.15) is 11.6 Å². The molecule has 1 aliphatic rings. The van der Waals surface area contributed by atoms with Gasteiger partial charge in [-0.3, -0.25) is 4.68 Å². The topological polar surface area (TPSA) is 56.1 Å². The second-order valence-corrected chi connectivity index (χ2v) is 6.77. The fraction of sp³-hybridized carbons (Fsp3) is 0.632. The van der Waals surface area contributed by atoms with E-state index in [0.717, 1.165) is 68.6 Å². The van der Waals surface area contributed by atoms with Crippen molar-refractivity contribution in [1.82, 2.24) is 19.7 Å². The van der Waals surface area contributed by atoms with Crippen LogP contribution in [0.4, 0.5) is 5.82 Å². The van der Waals surface area contributed by atoms with Crippen molar-refractivity contribution in [1.29, 1.82) is 0 Å². The summed E-state index contributed by atoms with van der Waals surface area (Å²) in [7, 11) is 2.13. The van der Waals surface area contributed by atoms with Gasteiger partial charge < -0.3 is 9.64 Å². The minimum Gasteiger partial charge on any atom is -0.381 e. The number of anilines is 1. The van der Waals surface area contributed by atoms with Crippen molar-refractivity contribution in [2.75, 3.05) is 31.7 Å². The lowest BCUT2D eigenvalue weighted by atomic mass is 10.1. The van der Waals surface area contributed by atoms with Gasteiger partial charge in [0.05, 0.1) is 24.6 Å². The van der Waals surface area contributed by atoms with Gasteiger partial charge in [0.15, 0.2) is 0 Å². The van der Waals surface area contributed by atoms with Crippen LogP contribution in [0.5, 0.6) is 0 Å². The Morgan fingerprint density at radius 1 is 1.12 bits per heavy atom. The van der Waals surface area contributed by atoms with E-state index in [9.17, 15) is 0 Å². The summed E-state index contributed by atoms with van der Waals surface area (Å²) in [5.41, 5.74) is 6.17. The van der Waals surface area contributed by atoms with Crippen LogP contribution in [0.2, 0.25) is 0 Å². The number of aryl methyl sites for hydroxylation is 3. The quantitative estimate of drug-likeness (QED) is 0.834. The summed E-state index contributed by atoms with van der Waals surface area (Å²) in [4.78, 5) is 11.7. The first-order chi connectivity index (χ1) is 12.0. The third kappa shape index (κ3) is 3.68. The molecule has 0 saturated heterocycles. The molecule has 1 aliphatic heterocycles. The molecule has 3 heterocycles. The molecule has 25 heavy (non-hydrogen) atoms. The zero-order valence-corrected chi connectivity index (χ0v) is 16.1. The van der Waals surface area contributed by atoms with E-state index in [1.807, 2.05) is 6.92 Å². The molecular formula is C19H29N5O. The average molecular weight is 343 g/mol. The number of fused-ring (bicyclic) bond motifs is 1. The molecule has 2 aromatic heterocycles. The molecule has 0 saturated carbocycles. The van der Waals surface area contributed by atoms with Gasteiger partial charge in [-0.2, -0.15) is 5.10 Å². The molecular weight excluding hydrogens is 314 g/mol. The van der Waals surface area contributed by atoms with Crippen LogP contribution in [0.3, 0.4) is 0 Å². The molecule has 0 amide bonds. The lowest BCUT2D eigenvalue weighted by molar-refractivity contribution is 0.146. The van der Waals surface area contributed by atoms with Crippen LogP contribution in [-0.2, 0) is 30.5 Å². The monoisotopic (exact) mass is 343 g/mol. The first kappa shape index (κ1) is 17.9. The number of ether oxygens (including phenoxy) is 1. The Labute approximate surface area is 150 Å². The standard InChI is InChI=1S/C19H29N5O/c1-6-24-14(3)16(13(2)22-24)7-10-23(5)19-17-8-11-25-12-9-18(17)20-15(4)21-19/h6-12H2,1-5H3. The third-order valence-corrected chi connectivity index (χ3v) is 5.05. The van der Waals surface area contributed by atoms with Crippen molar-refractivity contribution in [2.45, 2.75) is 53.5 Å². The van der Waals surface area contributed by atoms with Gasteiger partial charge in [-0.05, 0) is 39.7 Å². The minimum atomic E-state index is 0.751. The van der Waals surface area contributed by atoms with Crippen LogP contribution in [0, 0.1) is 20.8 Å². The summed E-state index contributed by atoms with van der Waals surface area (Å²) in [6.45, 7) is 11.7.